The van der Waals surface area contributed by atoms with Gasteiger partial charge in [0.05, 0.1) is 16.7 Å². The van der Waals surface area contributed by atoms with E-state index in [9.17, 15) is 19.5 Å². The minimum absolute atomic E-state index is 0.113. The Kier molecular flexibility index (Phi) is 7.61. The number of anilines is 1. The molecule has 2 N–H and O–H groups in total. The summed E-state index contributed by atoms with van der Waals surface area (Å²) in [5.74, 6) is -1.46. The fourth-order valence-electron chi connectivity index (χ4n) is 3.98. The Balaban J connectivity index is 2.16. The van der Waals surface area contributed by atoms with Crippen LogP contribution in [-0.2, 0) is 9.59 Å². The summed E-state index contributed by atoms with van der Waals surface area (Å²) in [6.45, 7) is 3.56. The van der Waals surface area contributed by atoms with Crippen LogP contribution in [0.25, 0.3) is 0 Å². The standard InChI is InChI=1S/C22H32N2O4/c1-4-22(5-2,21(27)28)15-19(25)23-18-14-10-9-13-17(18)20(26)24(3)16-11-7-6-8-12-16/h9-10,13-14,16H,4-8,11-12,15H2,1-3H3,(H,23,25)(H,27,28). The number of carbonyl (C=O) groups excluding carboxylic acids is 2. The molecule has 154 valence electrons. The number of para-hydroxylation sites is 1. The van der Waals surface area contributed by atoms with Gasteiger partial charge < -0.3 is 15.3 Å². The molecular weight excluding hydrogens is 356 g/mol. The third-order valence-corrected chi connectivity index (χ3v) is 6.18. The Labute approximate surface area is 167 Å². The third kappa shape index (κ3) is 4.91. The van der Waals surface area contributed by atoms with E-state index >= 15 is 0 Å². The minimum Gasteiger partial charge on any atom is -0.481 e. The predicted octanol–water partition coefficient (Wildman–Crippen LogP) is 4.31. The molecule has 1 aromatic rings. The van der Waals surface area contributed by atoms with Crippen LogP contribution in [0.3, 0.4) is 0 Å². The molecule has 6 nitrogen and oxygen atoms in total. The van der Waals surface area contributed by atoms with Crippen molar-refractivity contribution in [1.82, 2.24) is 4.90 Å². The van der Waals surface area contributed by atoms with Crippen LogP contribution in [0.15, 0.2) is 24.3 Å². The van der Waals surface area contributed by atoms with E-state index in [0.29, 0.717) is 24.1 Å². The molecule has 0 aliphatic heterocycles. The molecule has 0 radical (unpaired) electrons. The van der Waals surface area contributed by atoms with E-state index < -0.39 is 11.4 Å². The molecule has 0 bridgehead atoms. The molecule has 6 heteroatoms. The summed E-state index contributed by atoms with van der Waals surface area (Å²) in [7, 11) is 1.82. The van der Waals surface area contributed by atoms with E-state index in [1.54, 1.807) is 43.0 Å². The van der Waals surface area contributed by atoms with E-state index in [2.05, 4.69) is 5.32 Å². The number of carbonyl (C=O) groups is 3. The molecule has 1 aromatic carbocycles. The van der Waals surface area contributed by atoms with E-state index in [1.165, 1.54) is 6.42 Å². The average molecular weight is 389 g/mol. The highest BCUT2D eigenvalue weighted by Crippen LogP contribution is 2.32. The van der Waals surface area contributed by atoms with Gasteiger partial charge in [0.2, 0.25) is 5.91 Å². The maximum atomic E-state index is 13.0. The van der Waals surface area contributed by atoms with Gasteiger partial charge in [0.1, 0.15) is 0 Å². The summed E-state index contributed by atoms with van der Waals surface area (Å²) >= 11 is 0. The first-order chi connectivity index (χ1) is 13.3. The van der Waals surface area contributed by atoms with Crippen molar-refractivity contribution in [1.29, 1.82) is 0 Å². The van der Waals surface area contributed by atoms with Crippen molar-refractivity contribution >= 4 is 23.5 Å². The molecule has 0 spiro atoms. The first-order valence-corrected chi connectivity index (χ1v) is 10.2. The van der Waals surface area contributed by atoms with Crippen molar-refractivity contribution in [2.75, 3.05) is 12.4 Å². The number of aliphatic carboxylic acids is 1. The molecular formula is C22H32N2O4. The van der Waals surface area contributed by atoms with Crippen molar-refractivity contribution in [3.05, 3.63) is 29.8 Å². The van der Waals surface area contributed by atoms with Gasteiger partial charge in [-0.1, -0.05) is 45.2 Å². The van der Waals surface area contributed by atoms with Crippen LogP contribution in [0, 0.1) is 5.41 Å². The Hall–Kier alpha value is -2.37. The molecule has 0 unspecified atom stereocenters. The molecule has 2 rings (SSSR count). The van der Waals surface area contributed by atoms with Crippen LogP contribution < -0.4 is 5.32 Å². The average Bonchev–Trinajstić information content (AvgIpc) is 2.71. The number of carboxylic acid groups (broad SMARTS) is 1. The van der Waals surface area contributed by atoms with Crippen molar-refractivity contribution in [2.45, 2.75) is 71.3 Å². The van der Waals surface area contributed by atoms with E-state index in [1.807, 2.05) is 7.05 Å². The summed E-state index contributed by atoms with van der Waals surface area (Å²) in [6.07, 6.45) is 6.12. The first kappa shape index (κ1) is 21.9. The van der Waals surface area contributed by atoms with Gasteiger partial charge in [0.25, 0.3) is 5.91 Å². The zero-order valence-corrected chi connectivity index (χ0v) is 17.2. The van der Waals surface area contributed by atoms with Gasteiger partial charge in [-0.25, -0.2) is 0 Å². The highest BCUT2D eigenvalue weighted by molar-refractivity contribution is 6.04. The maximum Gasteiger partial charge on any atom is 0.310 e. The summed E-state index contributed by atoms with van der Waals surface area (Å²) in [5.41, 5.74) is -0.202. The number of hydrogen-bond acceptors (Lipinski definition) is 3. The van der Waals surface area contributed by atoms with Crippen LogP contribution in [0.5, 0.6) is 0 Å². The topological polar surface area (TPSA) is 86.7 Å². The van der Waals surface area contributed by atoms with Crippen molar-refractivity contribution in [3.63, 3.8) is 0 Å². The molecule has 1 saturated carbocycles. The normalized spacial score (nSPS) is 15.1. The van der Waals surface area contributed by atoms with Gasteiger partial charge in [0.15, 0.2) is 0 Å². The van der Waals surface area contributed by atoms with Crippen LogP contribution in [0.1, 0.15) is 75.6 Å². The van der Waals surface area contributed by atoms with Gasteiger partial charge in [-0.2, -0.15) is 0 Å². The summed E-state index contributed by atoms with van der Waals surface area (Å²) < 4.78 is 0. The van der Waals surface area contributed by atoms with E-state index in [4.69, 9.17) is 0 Å². The maximum absolute atomic E-state index is 13.0. The lowest BCUT2D eigenvalue weighted by Gasteiger charge is -2.32. The van der Waals surface area contributed by atoms with Gasteiger partial charge in [-0.15, -0.1) is 0 Å². The molecule has 2 amide bonds. The summed E-state index contributed by atoms with van der Waals surface area (Å²) in [4.78, 5) is 39.1. The Morgan fingerprint density at radius 2 is 1.71 bits per heavy atom. The molecule has 28 heavy (non-hydrogen) atoms. The predicted molar refractivity (Wildman–Crippen MR) is 109 cm³/mol. The lowest BCUT2D eigenvalue weighted by atomic mass is 9.79. The van der Waals surface area contributed by atoms with Crippen LogP contribution in [-0.4, -0.2) is 40.9 Å². The zero-order chi connectivity index (χ0) is 20.7. The quantitative estimate of drug-likeness (QED) is 0.695. The first-order valence-electron chi connectivity index (χ1n) is 10.2. The lowest BCUT2D eigenvalue weighted by molar-refractivity contribution is -0.151. The second-order valence-corrected chi connectivity index (χ2v) is 7.77. The number of carboxylic acids is 1. The highest BCUT2D eigenvalue weighted by atomic mass is 16.4. The fourth-order valence-corrected chi connectivity index (χ4v) is 3.98. The molecule has 1 fully saturated rings. The van der Waals surface area contributed by atoms with Crippen molar-refractivity contribution in [2.24, 2.45) is 5.41 Å². The SMILES string of the molecule is CCC(CC)(CC(=O)Nc1ccccc1C(=O)N(C)C1CCCCC1)C(=O)O. The third-order valence-electron chi connectivity index (χ3n) is 6.18. The van der Waals surface area contributed by atoms with Gasteiger partial charge in [-0.3, -0.25) is 14.4 Å². The summed E-state index contributed by atoms with van der Waals surface area (Å²) in [5, 5.41) is 12.3. The Morgan fingerprint density at radius 3 is 2.29 bits per heavy atom. The Morgan fingerprint density at radius 1 is 1.11 bits per heavy atom. The second kappa shape index (κ2) is 9.71. The number of nitrogens with one attached hydrogen (secondary N) is 1. The molecule has 0 atom stereocenters. The van der Waals surface area contributed by atoms with Crippen LogP contribution in [0.2, 0.25) is 0 Å². The van der Waals surface area contributed by atoms with Gasteiger partial charge in [-0.05, 0) is 37.8 Å². The van der Waals surface area contributed by atoms with Crippen molar-refractivity contribution < 1.29 is 19.5 Å². The molecule has 0 aromatic heterocycles. The number of rotatable bonds is 8. The number of benzene rings is 1. The summed E-state index contributed by atoms with van der Waals surface area (Å²) in [6, 6.07) is 7.17. The van der Waals surface area contributed by atoms with Crippen LogP contribution in [0.4, 0.5) is 5.69 Å². The Bertz CT molecular complexity index is 706. The minimum atomic E-state index is -1.08. The largest absolute Gasteiger partial charge is 0.481 e. The van der Waals surface area contributed by atoms with Gasteiger partial charge >= 0.3 is 5.97 Å². The van der Waals surface area contributed by atoms with E-state index in [-0.39, 0.29) is 24.3 Å². The number of amides is 2. The second-order valence-electron chi connectivity index (χ2n) is 7.77. The molecule has 1 aliphatic rings. The lowest BCUT2D eigenvalue weighted by Crippen LogP contribution is -2.39. The molecule has 0 heterocycles. The van der Waals surface area contributed by atoms with Crippen molar-refractivity contribution in [3.8, 4) is 0 Å². The molecule has 1 aliphatic carbocycles. The monoisotopic (exact) mass is 388 g/mol. The van der Waals surface area contributed by atoms with Crippen LogP contribution >= 0.6 is 0 Å². The van der Waals surface area contributed by atoms with Gasteiger partial charge in [0, 0.05) is 19.5 Å². The molecule has 0 saturated heterocycles. The highest BCUT2D eigenvalue weighted by Gasteiger charge is 2.37. The fraction of sp³-hybridized carbons (Fsp3) is 0.591. The zero-order valence-electron chi connectivity index (χ0n) is 17.2. The number of hydrogen-bond donors (Lipinski definition) is 2. The number of nitrogens with zero attached hydrogens (tertiary/aromatic N) is 1. The smallest absolute Gasteiger partial charge is 0.310 e. The van der Waals surface area contributed by atoms with E-state index in [0.717, 1.165) is 25.7 Å².